The van der Waals surface area contributed by atoms with E-state index in [1.165, 1.54) is 13.8 Å². The summed E-state index contributed by atoms with van der Waals surface area (Å²) < 4.78 is 5.37. The Labute approximate surface area is 171 Å². The number of nitrogens with zero attached hydrogens (tertiary/aromatic N) is 3. The highest BCUT2D eigenvalue weighted by Crippen LogP contribution is 2.15. The Balaban J connectivity index is 2.64. The van der Waals surface area contributed by atoms with Crippen LogP contribution >= 0.6 is 0 Å². The number of carbonyl (C=O) groups is 3. The van der Waals surface area contributed by atoms with E-state index >= 15 is 0 Å². The van der Waals surface area contributed by atoms with Gasteiger partial charge in [0.2, 0.25) is 17.7 Å². The van der Waals surface area contributed by atoms with Crippen LogP contribution in [0.25, 0.3) is 0 Å². The van der Waals surface area contributed by atoms with Gasteiger partial charge in [0.25, 0.3) is 0 Å². The summed E-state index contributed by atoms with van der Waals surface area (Å²) >= 11 is 0. The molecule has 0 saturated heterocycles. The molecule has 11 N–H and O–H groups in total. The summed E-state index contributed by atoms with van der Waals surface area (Å²) in [5, 5.41) is 32.9. The van der Waals surface area contributed by atoms with Gasteiger partial charge in [-0.25, -0.2) is 9.59 Å². The van der Waals surface area contributed by atoms with Crippen molar-refractivity contribution in [3.8, 4) is 0 Å². The van der Waals surface area contributed by atoms with E-state index < -0.39 is 36.2 Å². The summed E-state index contributed by atoms with van der Waals surface area (Å²) in [6.07, 6.45) is -1.10. The fourth-order valence-electron chi connectivity index (χ4n) is 2.31. The number of hydrogen-bond acceptors (Lipinski definition) is 9. The molecule has 1 aromatic heterocycles. The van der Waals surface area contributed by atoms with Gasteiger partial charge in [-0.1, -0.05) is 0 Å². The Kier molecular flexibility index (Phi) is 9.44. The van der Waals surface area contributed by atoms with Crippen molar-refractivity contribution in [3.63, 3.8) is 0 Å². The van der Waals surface area contributed by atoms with Crippen molar-refractivity contribution in [2.75, 3.05) is 6.54 Å². The number of carbonyl (C=O) groups excluding carboxylic acids is 2. The molecule has 168 valence electrons. The molecule has 0 spiro atoms. The predicted octanol–water partition coefficient (Wildman–Crippen LogP) is -3.13. The third-order valence-electron chi connectivity index (χ3n) is 3.67. The molecule has 15 nitrogen and oxygen atoms in total. The van der Waals surface area contributed by atoms with Gasteiger partial charge in [0.15, 0.2) is 12.0 Å². The number of carboxylic acids is 1. The molecule has 0 aliphatic carbocycles. The highest BCUT2D eigenvalue weighted by Gasteiger charge is 2.25. The van der Waals surface area contributed by atoms with Crippen molar-refractivity contribution in [2.24, 2.45) is 22.2 Å². The summed E-state index contributed by atoms with van der Waals surface area (Å²) in [6.45, 7) is 2.46. The van der Waals surface area contributed by atoms with E-state index in [0.29, 0.717) is 0 Å². The van der Waals surface area contributed by atoms with Gasteiger partial charge in [0.05, 0.1) is 31.3 Å². The third kappa shape index (κ3) is 8.70. The predicted molar refractivity (Wildman–Crippen MR) is 103 cm³/mol. The number of nitrogens with one attached hydrogen (secondary N) is 3. The minimum absolute atomic E-state index is 0.0137. The molecular formula is C15H27N9O6. The smallest absolute Gasteiger partial charge is 0.328 e. The number of aromatic nitrogens is 2. The van der Waals surface area contributed by atoms with E-state index in [1.54, 1.807) is 0 Å². The average Bonchev–Trinajstić information content (AvgIpc) is 3.10. The lowest BCUT2D eigenvalue weighted by atomic mass is 10.1. The maximum atomic E-state index is 11.8. The third-order valence-corrected chi connectivity index (χ3v) is 3.67. The summed E-state index contributed by atoms with van der Waals surface area (Å²) in [4.78, 5) is 37.9. The van der Waals surface area contributed by atoms with Crippen LogP contribution < -0.4 is 33.2 Å². The van der Waals surface area contributed by atoms with Gasteiger partial charge in [-0.15, -0.1) is 10.2 Å². The van der Waals surface area contributed by atoms with Crippen LogP contribution in [0.1, 0.15) is 38.1 Å². The van der Waals surface area contributed by atoms with Gasteiger partial charge in [0.1, 0.15) is 0 Å². The van der Waals surface area contributed by atoms with E-state index in [1.807, 2.05) is 0 Å². The molecule has 0 saturated carbocycles. The van der Waals surface area contributed by atoms with Gasteiger partial charge in [-0.05, 0) is 13.3 Å². The van der Waals surface area contributed by atoms with Gasteiger partial charge >= 0.3 is 12.0 Å². The van der Waals surface area contributed by atoms with Crippen LogP contribution in [-0.4, -0.2) is 69.0 Å². The average molecular weight is 429 g/mol. The number of aliphatic imine (C=N–C) groups is 1. The summed E-state index contributed by atoms with van der Waals surface area (Å²) in [5.74, 6) is -1.75. The second kappa shape index (κ2) is 11.5. The molecule has 0 radical (unpaired) electrons. The Hall–Kier alpha value is -3.46. The number of amides is 3. The Bertz CT molecular complexity index is 762. The molecule has 1 aromatic rings. The fraction of sp³-hybridized carbons (Fsp3) is 0.600. The maximum Gasteiger partial charge on any atom is 0.328 e. The molecule has 0 aliphatic rings. The lowest BCUT2D eigenvalue weighted by Gasteiger charge is -2.18. The lowest BCUT2D eigenvalue weighted by Crippen LogP contribution is -2.51. The second-order valence-corrected chi connectivity index (χ2v) is 6.42. The number of rotatable bonds is 11. The number of aliphatic hydroxyl groups excluding tert-OH is 1. The first kappa shape index (κ1) is 24.6. The Morgan fingerprint density at radius 3 is 2.43 bits per heavy atom. The lowest BCUT2D eigenvalue weighted by molar-refractivity contribution is -0.141. The first-order chi connectivity index (χ1) is 14.0. The fourth-order valence-corrected chi connectivity index (χ4v) is 2.31. The zero-order valence-electron chi connectivity index (χ0n) is 16.5. The highest BCUT2D eigenvalue weighted by atomic mass is 16.4. The van der Waals surface area contributed by atoms with E-state index in [-0.39, 0.29) is 43.2 Å². The monoisotopic (exact) mass is 429 g/mol. The van der Waals surface area contributed by atoms with Crippen molar-refractivity contribution in [3.05, 3.63) is 11.8 Å². The topological polar surface area (TPSA) is 257 Å². The number of nitrogens with two attached hydrogens (primary N) is 3. The molecule has 15 heteroatoms. The normalized spacial score (nSPS) is 14.7. The van der Waals surface area contributed by atoms with Crippen LogP contribution in [0.15, 0.2) is 9.41 Å². The number of carboxylic acid groups (broad SMARTS) is 1. The summed E-state index contributed by atoms with van der Waals surface area (Å²) in [5.41, 5.74) is 16.6. The SMILES string of the molecule is CC(=O)NC(CN=C(N)N)C[C@H](N)c1nnc(CNC(=O)N[C@H](C(=O)O)C(C)O)o1. The number of aliphatic hydroxyl groups is 1. The van der Waals surface area contributed by atoms with Crippen molar-refractivity contribution in [1.82, 2.24) is 26.1 Å². The number of hydrogen-bond donors (Lipinski definition) is 8. The Morgan fingerprint density at radius 2 is 1.90 bits per heavy atom. The van der Waals surface area contributed by atoms with Crippen molar-refractivity contribution < 1.29 is 29.0 Å². The molecule has 30 heavy (non-hydrogen) atoms. The van der Waals surface area contributed by atoms with Crippen LogP contribution in [-0.2, 0) is 16.1 Å². The molecule has 3 amide bonds. The maximum absolute atomic E-state index is 11.8. The quantitative estimate of drug-likeness (QED) is 0.129. The second-order valence-electron chi connectivity index (χ2n) is 6.42. The van der Waals surface area contributed by atoms with Crippen molar-refractivity contribution in [1.29, 1.82) is 0 Å². The number of guanidine groups is 1. The van der Waals surface area contributed by atoms with Crippen molar-refractivity contribution in [2.45, 2.75) is 51.0 Å². The van der Waals surface area contributed by atoms with Crippen molar-refractivity contribution >= 4 is 23.9 Å². The first-order valence-corrected chi connectivity index (χ1v) is 8.85. The molecule has 1 rings (SSSR count). The minimum Gasteiger partial charge on any atom is -0.480 e. The molecule has 0 aromatic carbocycles. The first-order valence-electron chi connectivity index (χ1n) is 8.85. The zero-order chi connectivity index (χ0) is 22.8. The molecule has 1 heterocycles. The van der Waals surface area contributed by atoms with E-state index in [2.05, 4.69) is 31.1 Å². The molecule has 0 bridgehead atoms. The van der Waals surface area contributed by atoms with Gasteiger partial charge in [0, 0.05) is 6.92 Å². The molecule has 0 fully saturated rings. The van der Waals surface area contributed by atoms with Gasteiger partial charge in [-0.3, -0.25) is 9.79 Å². The summed E-state index contributed by atoms with van der Waals surface area (Å²) in [7, 11) is 0. The van der Waals surface area contributed by atoms with Gasteiger partial charge in [-0.2, -0.15) is 0 Å². The van der Waals surface area contributed by atoms with Crippen LogP contribution in [0.4, 0.5) is 4.79 Å². The van der Waals surface area contributed by atoms with Crippen LogP contribution in [0.2, 0.25) is 0 Å². The zero-order valence-corrected chi connectivity index (χ0v) is 16.5. The molecule has 0 aliphatic heterocycles. The van der Waals surface area contributed by atoms with Crippen LogP contribution in [0.3, 0.4) is 0 Å². The van der Waals surface area contributed by atoms with E-state index in [0.717, 1.165) is 0 Å². The van der Waals surface area contributed by atoms with Crippen LogP contribution in [0, 0.1) is 0 Å². The van der Waals surface area contributed by atoms with Crippen LogP contribution in [0.5, 0.6) is 0 Å². The standard InChI is InChI=1S/C15H27N9O6/c1-6(25)11(13(27)28)22-15(29)20-5-10-23-24-12(30-10)9(16)3-8(21-7(2)26)4-19-14(17)18/h6,8-9,11,25H,3-5,16H2,1-2H3,(H,21,26)(H,27,28)(H4,17,18,19)(H2,20,22,29)/t6?,8?,9-,11-/m0/s1. The summed E-state index contributed by atoms with van der Waals surface area (Å²) in [6, 6.07) is -3.56. The van der Waals surface area contributed by atoms with E-state index in [4.69, 9.17) is 26.7 Å². The number of urea groups is 1. The largest absolute Gasteiger partial charge is 0.480 e. The molecule has 2 unspecified atom stereocenters. The van der Waals surface area contributed by atoms with E-state index in [9.17, 15) is 19.5 Å². The Morgan fingerprint density at radius 1 is 1.23 bits per heavy atom. The highest BCUT2D eigenvalue weighted by molar-refractivity contribution is 5.82. The van der Waals surface area contributed by atoms with Gasteiger partial charge < -0.3 is 47.8 Å². The minimum atomic E-state index is -1.48. The molecule has 4 atom stereocenters. The number of aliphatic carboxylic acids is 1. The molecular weight excluding hydrogens is 402 g/mol.